The van der Waals surface area contributed by atoms with Crippen molar-refractivity contribution in [3.05, 3.63) is 12.2 Å². The highest BCUT2D eigenvalue weighted by Crippen LogP contribution is 2.44. The summed E-state index contributed by atoms with van der Waals surface area (Å²) in [6.45, 7) is 4.18. The Balaban J connectivity index is 1.64. The Bertz CT molecular complexity index is 553. The number of fused-ring (bicyclic) bond motifs is 2. The maximum Gasteiger partial charge on any atom is 0.245 e. The number of amides is 2. The van der Waals surface area contributed by atoms with E-state index < -0.39 is 0 Å². The fourth-order valence-electron chi connectivity index (χ4n) is 4.56. The number of hydroxylamine groups is 2. The van der Waals surface area contributed by atoms with Crippen molar-refractivity contribution in [3.63, 3.8) is 0 Å². The minimum absolute atomic E-state index is 0.0704. The zero-order valence-electron chi connectivity index (χ0n) is 18.8. The van der Waals surface area contributed by atoms with Crippen molar-refractivity contribution in [1.82, 2.24) is 15.7 Å². The van der Waals surface area contributed by atoms with E-state index in [1.54, 1.807) is 0 Å². The standard InChI is InChI=1S/C23H41N3O4/c1-3-4-5-10-15-24-17-22(27)25-16-19-18(20-13-14-21(19)30-20)11-8-6-7-9-12-23(28)26(2)29/h6,8,18-21,24,29H,3-5,7,9-17H2,1-2H3,(H,25,27)/b8-6-/t18-,19+,20-,21+/m0/s1. The third-order valence-electron chi connectivity index (χ3n) is 6.32. The molecule has 3 N–H and O–H groups in total. The summed E-state index contributed by atoms with van der Waals surface area (Å²) < 4.78 is 6.12. The van der Waals surface area contributed by atoms with Gasteiger partial charge < -0.3 is 15.4 Å². The number of unbranched alkanes of at least 4 members (excludes halogenated alkanes) is 4. The number of carbonyl (C=O) groups is 2. The summed E-state index contributed by atoms with van der Waals surface area (Å²) in [6, 6.07) is 0. The lowest BCUT2D eigenvalue weighted by atomic mass is 9.77. The Morgan fingerprint density at radius 1 is 1.10 bits per heavy atom. The molecule has 2 aliphatic rings. The molecule has 4 atom stereocenters. The summed E-state index contributed by atoms with van der Waals surface area (Å²) in [6.07, 6.45) is 14.8. The molecule has 0 unspecified atom stereocenters. The molecule has 2 bridgehead atoms. The van der Waals surface area contributed by atoms with Crippen molar-refractivity contribution in [2.75, 3.05) is 26.7 Å². The molecule has 2 aliphatic heterocycles. The van der Waals surface area contributed by atoms with E-state index in [4.69, 9.17) is 9.94 Å². The molecule has 7 heteroatoms. The van der Waals surface area contributed by atoms with Crippen molar-refractivity contribution >= 4 is 11.8 Å². The summed E-state index contributed by atoms with van der Waals surface area (Å²) in [5, 5.41) is 16.0. The summed E-state index contributed by atoms with van der Waals surface area (Å²) >= 11 is 0. The Labute approximate surface area is 181 Å². The van der Waals surface area contributed by atoms with Gasteiger partial charge in [-0.2, -0.15) is 0 Å². The van der Waals surface area contributed by atoms with Gasteiger partial charge in [0.05, 0.1) is 18.8 Å². The first-order valence-electron chi connectivity index (χ1n) is 11.8. The largest absolute Gasteiger partial charge is 0.374 e. The number of hydrogen-bond acceptors (Lipinski definition) is 5. The molecule has 172 valence electrons. The van der Waals surface area contributed by atoms with Crippen LogP contribution in [0.25, 0.3) is 0 Å². The van der Waals surface area contributed by atoms with Crippen LogP contribution >= 0.6 is 0 Å². The number of allylic oxidation sites excluding steroid dienone is 2. The minimum atomic E-state index is -0.254. The van der Waals surface area contributed by atoms with Crippen LogP contribution in [-0.4, -0.2) is 61.0 Å². The minimum Gasteiger partial charge on any atom is -0.374 e. The quantitative estimate of drug-likeness (QED) is 0.163. The molecule has 0 aromatic carbocycles. The molecule has 0 saturated carbocycles. The predicted molar refractivity (Wildman–Crippen MR) is 117 cm³/mol. The highest BCUT2D eigenvalue weighted by molar-refractivity contribution is 5.78. The molecule has 30 heavy (non-hydrogen) atoms. The summed E-state index contributed by atoms with van der Waals surface area (Å²) in [7, 11) is 1.36. The van der Waals surface area contributed by atoms with E-state index in [2.05, 4.69) is 29.7 Å². The third-order valence-corrected chi connectivity index (χ3v) is 6.32. The molecule has 0 aromatic heterocycles. The Hall–Kier alpha value is -1.44. The molecule has 7 nitrogen and oxygen atoms in total. The first-order chi connectivity index (χ1) is 14.5. The van der Waals surface area contributed by atoms with Crippen LogP contribution in [0.5, 0.6) is 0 Å². The second kappa shape index (κ2) is 13.8. The maximum absolute atomic E-state index is 12.2. The van der Waals surface area contributed by atoms with Gasteiger partial charge in [0.25, 0.3) is 0 Å². The van der Waals surface area contributed by atoms with Gasteiger partial charge in [-0.25, -0.2) is 5.06 Å². The average Bonchev–Trinajstić information content (AvgIpc) is 3.33. The number of hydrogen-bond donors (Lipinski definition) is 3. The van der Waals surface area contributed by atoms with Crippen molar-refractivity contribution < 1.29 is 19.5 Å². The molecule has 0 aliphatic carbocycles. The van der Waals surface area contributed by atoms with Crippen LogP contribution < -0.4 is 10.6 Å². The Morgan fingerprint density at radius 3 is 2.60 bits per heavy atom. The van der Waals surface area contributed by atoms with Gasteiger partial charge in [-0.3, -0.25) is 14.8 Å². The molecule has 0 radical (unpaired) electrons. The van der Waals surface area contributed by atoms with Crippen LogP contribution in [-0.2, 0) is 14.3 Å². The average molecular weight is 424 g/mol. The smallest absolute Gasteiger partial charge is 0.245 e. The molecule has 2 heterocycles. The van der Waals surface area contributed by atoms with Gasteiger partial charge in [0, 0.05) is 25.9 Å². The van der Waals surface area contributed by atoms with Gasteiger partial charge in [-0.1, -0.05) is 38.3 Å². The van der Waals surface area contributed by atoms with Gasteiger partial charge in [0.15, 0.2) is 0 Å². The van der Waals surface area contributed by atoms with E-state index in [0.29, 0.717) is 42.5 Å². The van der Waals surface area contributed by atoms with E-state index in [0.717, 1.165) is 45.1 Å². The molecular weight excluding hydrogens is 382 g/mol. The highest BCUT2D eigenvalue weighted by Gasteiger charge is 2.47. The molecule has 0 aromatic rings. The normalized spacial score (nSPS) is 25.2. The summed E-state index contributed by atoms with van der Waals surface area (Å²) in [5.74, 6) is 0.649. The fraction of sp³-hybridized carbons (Fsp3) is 0.826. The Kier molecular flexibility index (Phi) is 11.4. The molecule has 2 amide bonds. The first kappa shape index (κ1) is 24.8. The van der Waals surface area contributed by atoms with Gasteiger partial charge in [0.1, 0.15) is 0 Å². The number of nitrogens with zero attached hydrogens (tertiary/aromatic N) is 1. The van der Waals surface area contributed by atoms with E-state index >= 15 is 0 Å². The SMILES string of the molecule is CCCCCCNCC(=O)NC[C@@H]1[C@H](C/C=C\CCCC(=O)N(C)O)[C@@H]2CC[C@H]1O2. The van der Waals surface area contributed by atoms with Gasteiger partial charge in [-0.15, -0.1) is 0 Å². The lowest BCUT2D eigenvalue weighted by Crippen LogP contribution is -2.41. The Morgan fingerprint density at radius 2 is 1.87 bits per heavy atom. The summed E-state index contributed by atoms with van der Waals surface area (Å²) in [5.41, 5.74) is 0. The van der Waals surface area contributed by atoms with Crippen LogP contribution in [0.4, 0.5) is 0 Å². The number of ether oxygens (including phenoxy) is 1. The van der Waals surface area contributed by atoms with Gasteiger partial charge in [-0.05, 0) is 51.0 Å². The maximum atomic E-state index is 12.2. The molecule has 0 spiro atoms. The van der Waals surface area contributed by atoms with E-state index in [1.807, 2.05) is 0 Å². The lowest BCUT2D eigenvalue weighted by Gasteiger charge is -2.27. The highest BCUT2D eigenvalue weighted by atomic mass is 16.5. The molecular formula is C23H41N3O4. The monoisotopic (exact) mass is 423 g/mol. The van der Waals surface area contributed by atoms with Gasteiger partial charge in [0.2, 0.25) is 11.8 Å². The number of nitrogens with one attached hydrogen (secondary N) is 2. The fourth-order valence-corrected chi connectivity index (χ4v) is 4.56. The van der Waals surface area contributed by atoms with Crippen LogP contribution in [0.1, 0.15) is 71.1 Å². The van der Waals surface area contributed by atoms with Crippen molar-refractivity contribution in [2.24, 2.45) is 11.8 Å². The molecule has 2 fully saturated rings. The second-order valence-corrected chi connectivity index (χ2v) is 8.68. The lowest BCUT2D eigenvalue weighted by molar-refractivity contribution is -0.159. The van der Waals surface area contributed by atoms with Gasteiger partial charge >= 0.3 is 0 Å². The van der Waals surface area contributed by atoms with Crippen LogP contribution in [0.15, 0.2) is 12.2 Å². The molecule has 2 rings (SSSR count). The van der Waals surface area contributed by atoms with Crippen molar-refractivity contribution in [1.29, 1.82) is 0 Å². The first-order valence-corrected chi connectivity index (χ1v) is 11.8. The van der Waals surface area contributed by atoms with Crippen molar-refractivity contribution in [3.8, 4) is 0 Å². The summed E-state index contributed by atoms with van der Waals surface area (Å²) in [4.78, 5) is 23.5. The van der Waals surface area contributed by atoms with Crippen LogP contribution in [0.3, 0.4) is 0 Å². The zero-order valence-corrected chi connectivity index (χ0v) is 18.8. The predicted octanol–water partition coefficient (Wildman–Crippen LogP) is 3.03. The van der Waals surface area contributed by atoms with Crippen LogP contribution in [0, 0.1) is 11.8 Å². The topological polar surface area (TPSA) is 90.9 Å². The number of rotatable bonds is 15. The molecule has 2 saturated heterocycles. The van der Waals surface area contributed by atoms with Crippen LogP contribution in [0.2, 0.25) is 0 Å². The second-order valence-electron chi connectivity index (χ2n) is 8.68. The number of carbonyl (C=O) groups excluding carboxylic acids is 2. The third kappa shape index (κ3) is 8.36. The zero-order chi connectivity index (χ0) is 21.8. The van der Waals surface area contributed by atoms with E-state index in [9.17, 15) is 9.59 Å². The van der Waals surface area contributed by atoms with E-state index in [1.165, 1.54) is 26.3 Å². The van der Waals surface area contributed by atoms with E-state index in [-0.39, 0.29) is 17.9 Å². The van der Waals surface area contributed by atoms with Crippen molar-refractivity contribution in [2.45, 2.75) is 83.3 Å².